The maximum atomic E-state index is 5.68. The normalized spacial score (nSPS) is 10.4. The summed E-state index contributed by atoms with van der Waals surface area (Å²) in [7, 11) is 0. The topological polar surface area (TPSA) is 43.8 Å². The molecule has 62 valence electrons. The molecule has 0 radical (unpaired) electrons. The van der Waals surface area contributed by atoms with Crippen molar-refractivity contribution in [2.24, 2.45) is 0 Å². The number of nitrogens with zero attached hydrogens (tertiary/aromatic N) is 2. The Balaban J connectivity index is 2.62. The van der Waals surface area contributed by atoms with Gasteiger partial charge >= 0.3 is 0 Å². The van der Waals surface area contributed by atoms with Crippen LogP contribution in [0.4, 0.5) is 5.82 Å². The highest BCUT2D eigenvalue weighted by Crippen LogP contribution is 2.06. The molecule has 0 aliphatic carbocycles. The number of aromatic nitrogens is 2. The fourth-order valence-corrected chi connectivity index (χ4v) is 1.05. The second-order valence-electron chi connectivity index (χ2n) is 2.79. The number of nitrogens with two attached hydrogens (primary N) is 1. The van der Waals surface area contributed by atoms with Crippen LogP contribution in [-0.2, 0) is 6.54 Å². The predicted molar refractivity (Wildman–Crippen MR) is 46.3 cm³/mol. The summed E-state index contributed by atoms with van der Waals surface area (Å²) in [5, 5.41) is 4.24. The summed E-state index contributed by atoms with van der Waals surface area (Å²) in [6.45, 7) is 5.06. The van der Waals surface area contributed by atoms with Gasteiger partial charge in [-0.1, -0.05) is 13.3 Å². The molecule has 0 aliphatic rings. The largest absolute Gasteiger partial charge is 0.384 e. The Morgan fingerprint density at radius 2 is 2.36 bits per heavy atom. The van der Waals surface area contributed by atoms with Crippen molar-refractivity contribution < 1.29 is 0 Å². The van der Waals surface area contributed by atoms with Gasteiger partial charge in [0.25, 0.3) is 0 Å². The smallest absolute Gasteiger partial charge is 0.121 e. The van der Waals surface area contributed by atoms with Crippen LogP contribution in [0.15, 0.2) is 6.07 Å². The molecule has 1 rings (SSSR count). The van der Waals surface area contributed by atoms with E-state index in [1.54, 1.807) is 0 Å². The summed E-state index contributed by atoms with van der Waals surface area (Å²) in [5.74, 6) is 0.774. The van der Waals surface area contributed by atoms with Crippen molar-refractivity contribution in [1.29, 1.82) is 0 Å². The lowest BCUT2D eigenvalue weighted by molar-refractivity contribution is 0.575. The molecule has 11 heavy (non-hydrogen) atoms. The molecule has 0 unspecified atom stereocenters. The molecule has 2 N–H and O–H groups in total. The maximum absolute atomic E-state index is 5.68. The monoisotopic (exact) mass is 153 g/mol. The van der Waals surface area contributed by atoms with Gasteiger partial charge in [-0.05, 0) is 13.3 Å². The highest BCUT2D eigenvalue weighted by molar-refractivity contribution is 5.29. The number of hydrogen-bond acceptors (Lipinski definition) is 2. The Morgan fingerprint density at radius 3 is 2.82 bits per heavy atom. The van der Waals surface area contributed by atoms with Crippen LogP contribution in [0.3, 0.4) is 0 Å². The summed E-state index contributed by atoms with van der Waals surface area (Å²) >= 11 is 0. The van der Waals surface area contributed by atoms with E-state index in [4.69, 9.17) is 5.73 Å². The third-order valence-electron chi connectivity index (χ3n) is 1.66. The van der Waals surface area contributed by atoms with Crippen molar-refractivity contribution in [3.05, 3.63) is 11.8 Å². The molecule has 0 aliphatic heterocycles. The van der Waals surface area contributed by atoms with Gasteiger partial charge in [-0.15, -0.1) is 0 Å². The van der Waals surface area contributed by atoms with Gasteiger partial charge in [0.1, 0.15) is 5.82 Å². The first-order valence-electron chi connectivity index (χ1n) is 4.04. The average molecular weight is 153 g/mol. The standard InChI is InChI=1S/C8H15N3/c1-3-4-5-11-8(9)6-7(2)10-11/h6H,3-5,9H2,1-2H3. The van der Waals surface area contributed by atoms with E-state index in [2.05, 4.69) is 12.0 Å². The first-order valence-corrected chi connectivity index (χ1v) is 4.04. The predicted octanol–water partition coefficient (Wildman–Crippen LogP) is 1.57. The van der Waals surface area contributed by atoms with Gasteiger partial charge in [-0.2, -0.15) is 5.10 Å². The van der Waals surface area contributed by atoms with Gasteiger partial charge in [-0.3, -0.25) is 0 Å². The van der Waals surface area contributed by atoms with Crippen LogP contribution in [0, 0.1) is 6.92 Å². The zero-order valence-electron chi connectivity index (χ0n) is 7.17. The first kappa shape index (κ1) is 8.11. The zero-order chi connectivity index (χ0) is 8.27. The number of aryl methyl sites for hydroxylation is 2. The van der Waals surface area contributed by atoms with Crippen LogP contribution < -0.4 is 5.73 Å². The van der Waals surface area contributed by atoms with E-state index in [1.165, 1.54) is 6.42 Å². The van der Waals surface area contributed by atoms with E-state index in [0.717, 1.165) is 24.5 Å². The molecule has 1 aromatic rings. The molecule has 1 heterocycles. The summed E-state index contributed by atoms with van der Waals surface area (Å²) in [4.78, 5) is 0. The van der Waals surface area contributed by atoms with Crippen LogP contribution in [0.25, 0.3) is 0 Å². The summed E-state index contributed by atoms with van der Waals surface area (Å²) in [6, 6.07) is 1.90. The minimum atomic E-state index is 0.774. The fraction of sp³-hybridized carbons (Fsp3) is 0.625. The van der Waals surface area contributed by atoms with Gasteiger partial charge in [0, 0.05) is 12.6 Å². The van der Waals surface area contributed by atoms with Gasteiger partial charge in [0.15, 0.2) is 0 Å². The van der Waals surface area contributed by atoms with E-state index in [1.807, 2.05) is 17.7 Å². The molecule has 0 aromatic carbocycles. The molecule has 0 saturated carbocycles. The van der Waals surface area contributed by atoms with Crippen LogP contribution in [-0.4, -0.2) is 9.78 Å². The Hall–Kier alpha value is -0.990. The molecule has 3 nitrogen and oxygen atoms in total. The molecular formula is C8H15N3. The fourth-order valence-electron chi connectivity index (χ4n) is 1.05. The lowest BCUT2D eigenvalue weighted by Gasteiger charge is -2.00. The van der Waals surface area contributed by atoms with Crippen LogP contribution in [0.2, 0.25) is 0 Å². The summed E-state index contributed by atoms with van der Waals surface area (Å²) in [6.07, 6.45) is 2.32. The summed E-state index contributed by atoms with van der Waals surface area (Å²) in [5.41, 5.74) is 6.68. The Bertz CT molecular complexity index is 227. The van der Waals surface area contributed by atoms with Gasteiger partial charge in [0.2, 0.25) is 0 Å². The third kappa shape index (κ3) is 1.97. The first-order chi connectivity index (χ1) is 5.24. The van der Waals surface area contributed by atoms with E-state index < -0.39 is 0 Å². The van der Waals surface area contributed by atoms with Crippen LogP contribution >= 0.6 is 0 Å². The number of rotatable bonds is 3. The second-order valence-corrected chi connectivity index (χ2v) is 2.79. The summed E-state index contributed by atoms with van der Waals surface area (Å²) < 4.78 is 1.86. The molecule has 0 fully saturated rings. The molecule has 0 atom stereocenters. The van der Waals surface area contributed by atoms with Crippen LogP contribution in [0.5, 0.6) is 0 Å². The van der Waals surface area contributed by atoms with E-state index in [9.17, 15) is 0 Å². The lowest BCUT2D eigenvalue weighted by atomic mass is 10.3. The quantitative estimate of drug-likeness (QED) is 0.716. The van der Waals surface area contributed by atoms with E-state index in [0.29, 0.717) is 0 Å². The number of nitrogen functional groups attached to an aromatic ring is 1. The van der Waals surface area contributed by atoms with Crippen molar-refractivity contribution in [3.8, 4) is 0 Å². The van der Waals surface area contributed by atoms with Crippen molar-refractivity contribution in [1.82, 2.24) is 9.78 Å². The molecule has 0 amide bonds. The highest BCUT2D eigenvalue weighted by Gasteiger charge is 1.98. The second kappa shape index (κ2) is 3.42. The molecule has 3 heteroatoms. The number of hydrogen-bond donors (Lipinski definition) is 1. The molecular weight excluding hydrogens is 138 g/mol. The number of unbranched alkanes of at least 4 members (excludes halogenated alkanes) is 1. The lowest BCUT2D eigenvalue weighted by Crippen LogP contribution is -2.04. The van der Waals surface area contributed by atoms with Gasteiger partial charge < -0.3 is 5.73 Å². The van der Waals surface area contributed by atoms with Crippen molar-refractivity contribution in [2.45, 2.75) is 33.2 Å². The average Bonchev–Trinajstić information content (AvgIpc) is 2.26. The molecule has 0 spiro atoms. The SMILES string of the molecule is CCCCn1nc(C)cc1N. The Kier molecular flexibility index (Phi) is 2.52. The van der Waals surface area contributed by atoms with E-state index >= 15 is 0 Å². The zero-order valence-corrected chi connectivity index (χ0v) is 7.17. The molecule has 0 bridgehead atoms. The van der Waals surface area contributed by atoms with Crippen molar-refractivity contribution in [2.75, 3.05) is 5.73 Å². The molecule has 0 saturated heterocycles. The molecule has 1 aromatic heterocycles. The van der Waals surface area contributed by atoms with Gasteiger partial charge in [-0.25, -0.2) is 4.68 Å². The van der Waals surface area contributed by atoms with E-state index in [-0.39, 0.29) is 0 Å². The van der Waals surface area contributed by atoms with Crippen LogP contribution in [0.1, 0.15) is 25.5 Å². The van der Waals surface area contributed by atoms with Crippen molar-refractivity contribution in [3.63, 3.8) is 0 Å². The number of anilines is 1. The maximum Gasteiger partial charge on any atom is 0.121 e. The Labute approximate surface area is 67.2 Å². The third-order valence-corrected chi connectivity index (χ3v) is 1.66. The minimum absolute atomic E-state index is 0.774. The van der Waals surface area contributed by atoms with Gasteiger partial charge in [0.05, 0.1) is 5.69 Å². The van der Waals surface area contributed by atoms with Crippen molar-refractivity contribution >= 4 is 5.82 Å². The highest BCUT2D eigenvalue weighted by atomic mass is 15.3. The Morgan fingerprint density at radius 1 is 1.64 bits per heavy atom. The minimum Gasteiger partial charge on any atom is -0.384 e.